The van der Waals surface area contributed by atoms with Crippen molar-refractivity contribution in [2.45, 2.75) is 57.3 Å². The molecule has 1 heterocycles. The van der Waals surface area contributed by atoms with Gasteiger partial charge in [0.25, 0.3) is 5.92 Å². The van der Waals surface area contributed by atoms with E-state index in [1.54, 1.807) is 6.92 Å². The van der Waals surface area contributed by atoms with Crippen molar-refractivity contribution in [1.82, 2.24) is 5.16 Å². The number of hydrogen-bond acceptors (Lipinski definition) is 4. The Bertz CT molecular complexity index is 1390. The number of halogens is 2. The third-order valence-electron chi connectivity index (χ3n) is 7.38. The van der Waals surface area contributed by atoms with Gasteiger partial charge in [0.15, 0.2) is 5.76 Å². The van der Waals surface area contributed by atoms with Crippen molar-refractivity contribution in [2.24, 2.45) is 0 Å². The maximum absolute atomic E-state index is 14.9. The number of alkyl halides is 2. The Morgan fingerprint density at radius 2 is 1.55 bits per heavy atom. The third-order valence-corrected chi connectivity index (χ3v) is 7.38. The predicted octanol–water partition coefficient (Wildman–Crippen LogP) is 7.72. The van der Waals surface area contributed by atoms with Crippen molar-refractivity contribution in [3.8, 4) is 22.5 Å². The van der Waals surface area contributed by atoms with Gasteiger partial charge in [0, 0.05) is 24.0 Å². The standard InChI is InChI=1S/C32H31F2NO3/c1-3-37-30(36)31(19-20-31)27-15-13-25(14-16-27)24-9-11-26(12-10-24)29-28(22(2)35-38-29)21-32(33,34)18-17-23-7-5-4-6-8-23/h4-16H,3,17-21H2,1-2H3. The van der Waals surface area contributed by atoms with Crippen LogP contribution in [0.4, 0.5) is 8.78 Å². The highest BCUT2D eigenvalue weighted by molar-refractivity contribution is 5.87. The lowest BCUT2D eigenvalue weighted by atomic mass is 9.93. The van der Waals surface area contributed by atoms with Crippen LogP contribution >= 0.6 is 0 Å². The fourth-order valence-electron chi connectivity index (χ4n) is 4.94. The highest BCUT2D eigenvalue weighted by Gasteiger charge is 2.52. The number of ether oxygens (including phenoxy) is 1. The van der Waals surface area contributed by atoms with Gasteiger partial charge >= 0.3 is 5.97 Å². The van der Waals surface area contributed by atoms with E-state index < -0.39 is 17.8 Å². The minimum absolute atomic E-state index is 0.152. The summed E-state index contributed by atoms with van der Waals surface area (Å²) in [4.78, 5) is 12.4. The van der Waals surface area contributed by atoms with Crippen molar-refractivity contribution in [3.63, 3.8) is 0 Å². The number of hydrogen-bond donors (Lipinski definition) is 0. The van der Waals surface area contributed by atoms with Crippen LogP contribution in [0.3, 0.4) is 0 Å². The molecule has 0 saturated heterocycles. The molecule has 0 unspecified atom stereocenters. The molecule has 6 heteroatoms. The zero-order valence-electron chi connectivity index (χ0n) is 21.7. The van der Waals surface area contributed by atoms with Crippen molar-refractivity contribution in [1.29, 1.82) is 0 Å². The van der Waals surface area contributed by atoms with Gasteiger partial charge in [-0.1, -0.05) is 84.0 Å². The van der Waals surface area contributed by atoms with Crippen molar-refractivity contribution in [2.75, 3.05) is 6.61 Å². The number of esters is 1. The first-order valence-electron chi connectivity index (χ1n) is 13.1. The molecule has 0 aliphatic heterocycles. The van der Waals surface area contributed by atoms with Crippen LogP contribution in [0.5, 0.6) is 0 Å². The maximum Gasteiger partial charge on any atom is 0.316 e. The van der Waals surface area contributed by atoms with Gasteiger partial charge in [-0.25, -0.2) is 8.78 Å². The Morgan fingerprint density at radius 3 is 2.16 bits per heavy atom. The molecule has 4 aromatic rings. The van der Waals surface area contributed by atoms with Gasteiger partial charge in [-0.3, -0.25) is 4.79 Å². The van der Waals surface area contributed by atoms with Gasteiger partial charge < -0.3 is 9.26 Å². The van der Waals surface area contributed by atoms with E-state index in [1.165, 1.54) is 0 Å². The molecule has 1 fully saturated rings. The lowest BCUT2D eigenvalue weighted by Gasteiger charge is -2.16. The fraction of sp³-hybridized carbons (Fsp3) is 0.312. The first-order valence-corrected chi connectivity index (χ1v) is 13.1. The molecule has 0 atom stereocenters. The molecule has 5 rings (SSSR count). The topological polar surface area (TPSA) is 52.3 Å². The summed E-state index contributed by atoms with van der Waals surface area (Å²) in [6, 6.07) is 24.9. The Kier molecular flexibility index (Phi) is 7.15. The number of benzene rings is 3. The highest BCUT2D eigenvalue weighted by Crippen LogP contribution is 2.49. The van der Waals surface area contributed by atoms with E-state index in [1.807, 2.05) is 85.8 Å². The summed E-state index contributed by atoms with van der Waals surface area (Å²) in [6.07, 6.45) is 1.26. The number of rotatable bonds is 10. The van der Waals surface area contributed by atoms with Crippen molar-refractivity contribution in [3.05, 3.63) is 101 Å². The second-order valence-electron chi connectivity index (χ2n) is 10.1. The molecule has 0 spiro atoms. The molecule has 0 amide bonds. The lowest BCUT2D eigenvalue weighted by molar-refractivity contribution is -0.146. The average Bonchev–Trinajstić information content (AvgIpc) is 3.68. The van der Waals surface area contributed by atoms with E-state index >= 15 is 0 Å². The van der Waals surface area contributed by atoms with Crippen molar-refractivity contribution < 1.29 is 22.8 Å². The SMILES string of the molecule is CCOC(=O)C1(c2ccc(-c3ccc(-c4onc(C)c4CC(F)(F)CCc4ccccc4)cc3)cc2)CC1. The summed E-state index contributed by atoms with van der Waals surface area (Å²) in [5, 5.41) is 4.00. The number of aromatic nitrogens is 1. The Morgan fingerprint density at radius 1 is 0.947 bits per heavy atom. The first-order chi connectivity index (χ1) is 18.3. The molecular formula is C32H31F2NO3. The molecular weight excluding hydrogens is 484 g/mol. The normalized spacial score (nSPS) is 14.3. The zero-order chi connectivity index (χ0) is 26.8. The molecule has 1 aliphatic rings. The van der Waals surface area contributed by atoms with Crippen LogP contribution in [0.25, 0.3) is 22.5 Å². The maximum atomic E-state index is 14.9. The van der Waals surface area contributed by atoms with Gasteiger partial charge in [-0.05, 0) is 55.4 Å². The summed E-state index contributed by atoms with van der Waals surface area (Å²) >= 11 is 0. The monoisotopic (exact) mass is 515 g/mol. The van der Waals surface area contributed by atoms with Crippen molar-refractivity contribution >= 4 is 5.97 Å². The summed E-state index contributed by atoms with van der Waals surface area (Å²) < 4.78 is 40.7. The summed E-state index contributed by atoms with van der Waals surface area (Å²) in [5.41, 5.74) is 4.98. The third kappa shape index (κ3) is 5.40. The number of carbonyl (C=O) groups is 1. The molecule has 1 saturated carbocycles. The molecule has 1 aliphatic carbocycles. The van der Waals surface area contributed by atoms with E-state index in [2.05, 4.69) is 5.16 Å². The summed E-state index contributed by atoms with van der Waals surface area (Å²) in [5.74, 6) is -2.65. The van der Waals surface area contributed by atoms with Crippen LogP contribution in [0.2, 0.25) is 0 Å². The largest absolute Gasteiger partial charge is 0.465 e. The fourth-order valence-corrected chi connectivity index (χ4v) is 4.94. The Labute approximate surface area is 221 Å². The van der Waals surface area contributed by atoms with Crippen LogP contribution in [0.1, 0.15) is 48.6 Å². The van der Waals surface area contributed by atoms with Gasteiger partial charge in [0.05, 0.1) is 17.7 Å². The number of carbonyl (C=O) groups excluding carboxylic acids is 1. The molecule has 4 nitrogen and oxygen atoms in total. The van der Waals surface area contributed by atoms with Crippen LogP contribution in [-0.2, 0) is 27.8 Å². The van der Waals surface area contributed by atoms with E-state index in [0.717, 1.165) is 35.1 Å². The second kappa shape index (κ2) is 10.5. The Hall–Kier alpha value is -3.80. The molecule has 0 radical (unpaired) electrons. The zero-order valence-corrected chi connectivity index (χ0v) is 21.7. The van der Waals surface area contributed by atoms with Crippen LogP contribution in [-0.4, -0.2) is 23.7 Å². The molecule has 0 N–H and O–H groups in total. The van der Waals surface area contributed by atoms with E-state index in [4.69, 9.17) is 9.26 Å². The van der Waals surface area contributed by atoms with Crippen LogP contribution < -0.4 is 0 Å². The smallest absolute Gasteiger partial charge is 0.316 e. The van der Waals surface area contributed by atoms with Gasteiger partial charge in [0.1, 0.15) is 0 Å². The van der Waals surface area contributed by atoms with E-state index in [0.29, 0.717) is 35.6 Å². The minimum Gasteiger partial charge on any atom is -0.465 e. The quantitative estimate of drug-likeness (QED) is 0.203. The molecule has 3 aromatic carbocycles. The summed E-state index contributed by atoms with van der Waals surface area (Å²) in [6.45, 7) is 3.90. The van der Waals surface area contributed by atoms with E-state index in [-0.39, 0.29) is 12.4 Å². The Balaban J connectivity index is 1.30. The van der Waals surface area contributed by atoms with Crippen LogP contribution in [0, 0.1) is 6.92 Å². The first kappa shape index (κ1) is 25.8. The van der Waals surface area contributed by atoms with Gasteiger partial charge in [-0.2, -0.15) is 0 Å². The van der Waals surface area contributed by atoms with Crippen LogP contribution in [0.15, 0.2) is 83.4 Å². The molecule has 38 heavy (non-hydrogen) atoms. The number of aryl methyl sites for hydroxylation is 2. The molecule has 196 valence electrons. The summed E-state index contributed by atoms with van der Waals surface area (Å²) in [7, 11) is 0. The second-order valence-corrected chi connectivity index (χ2v) is 10.1. The number of nitrogens with zero attached hydrogens (tertiary/aromatic N) is 1. The van der Waals surface area contributed by atoms with Gasteiger partial charge in [-0.15, -0.1) is 0 Å². The molecule has 1 aromatic heterocycles. The average molecular weight is 516 g/mol. The minimum atomic E-state index is -2.88. The van der Waals surface area contributed by atoms with Gasteiger partial charge in [0.2, 0.25) is 0 Å². The lowest BCUT2D eigenvalue weighted by Crippen LogP contribution is -2.23. The molecule has 0 bridgehead atoms. The predicted molar refractivity (Wildman–Crippen MR) is 143 cm³/mol. The van der Waals surface area contributed by atoms with E-state index in [9.17, 15) is 13.6 Å². The highest BCUT2D eigenvalue weighted by atomic mass is 19.3.